The van der Waals surface area contributed by atoms with Gasteiger partial charge in [-0.05, 0) is 50.0 Å². The van der Waals surface area contributed by atoms with E-state index in [0.29, 0.717) is 38.4 Å². The molecule has 1 saturated heterocycles. The van der Waals surface area contributed by atoms with Crippen molar-refractivity contribution in [1.82, 2.24) is 0 Å². The van der Waals surface area contributed by atoms with Gasteiger partial charge in [0.25, 0.3) is 0 Å². The first-order valence-electron chi connectivity index (χ1n) is 11.2. The number of carbonyl (C=O) groups excluding carboxylic acids is 2. The summed E-state index contributed by atoms with van der Waals surface area (Å²) >= 11 is 0. The fraction of sp³-hybridized carbons (Fsp3) is 0.750. The zero-order chi connectivity index (χ0) is 21.1. The molecule has 164 valence electrons. The van der Waals surface area contributed by atoms with E-state index in [2.05, 4.69) is 30.7 Å². The Balaban J connectivity index is 1.85. The second-order valence-electron chi connectivity index (χ2n) is 8.54. The molecule has 0 saturated carbocycles. The summed E-state index contributed by atoms with van der Waals surface area (Å²) in [7, 11) is 1.41. The molecule has 0 aromatic carbocycles. The first-order valence-corrected chi connectivity index (χ1v) is 11.2. The van der Waals surface area contributed by atoms with Crippen LogP contribution in [0.25, 0.3) is 0 Å². The first kappa shape index (κ1) is 23.8. The maximum atomic E-state index is 12.3. The van der Waals surface area contributed by atoms with Crippen molar-refractivity contribution < 1.29 is 23.8 Å². The molecule has 0 aromatic heterocycles. The van der Waals surface area contributed by atoms with Crippen LogP contribution in [0.2, 0.25) is 0 Å². The Morgan fingerprint density at radius 1 is 1.14 bits per heavy atom. The van der Waals surface area contributed by atoms with E-state index in [1.165, 1.54) is 19.1 Å². The Morgan fingerprint density at radius 2 is 1.90 bits per heavy atom. The number of ketones is 1. The highest BCUT2D eigenvalue weighted by molar-refractivity contribution is 5.98. The maximum Gasteiger partial charge on any atom is 0.305 e. The number of ether oxygens (including phenoxy) is 3. The maximum absolute atomic E-state index is 12.3. The van der Waals surface area contributed by atoms with Gasteiger partial charge in [-0.2, -0.15) is 0 Å². The molecule has 0 aromatic rings. The topological polar surface area (TPSA) is 61.8 Å². The minimum absolute atomic E-state index is 0.173. The molecule has 0 atom stereocenters. The number of carbonyl (C=O) groups is 2. The number of rotatable bonds is 13. The fourth-order valence-electron chi connectivity index (χ4n) is 4.11. The molecule has 0 amide bonds. The second-order valence-corrected chi connectivity index (χ2v) is 8.54. The quantitative estimate of drug-likeness (QED) is 0.236. The summed E-state index contributed by atoms with van der Waals surface area (Å²) in [4.78, 5) is 23.5. The molecule has 0 N–H and O–H groups in total. The van der Waals surface area contributed by atoms with Gasteiger partial charge in [0, 0.05) is 25.7 Å². The van der Waals surface area contributed by atoms with Gasteiger partial charge in [0.15, 0.2) is 11.6 Å². The van der Waals surface area contributed by atoms with Crippen molar-refractivity contribution in [1.29, 1.82) is 0 Å². The van der Waals surface area contributed by atoms with Crippen molar-refractivity contribution in [2.45, 2.75) is 90.3 Å². The van der Waals surface area contributed by atoms with E-state index in [4.69, 9.17) is 9.47 Å². The number of methoxy groups -OCH3 is 1. The van der Waals surface area contributed by atoms with Gasteiger partial charge in [0.1, 0.15) is 0 Å². The zero-order valence-corrected chi connectivity index (χ0v) is 18.5. The van der Waals surface area contributed by atoms with Gasteiger partial charge in [-0.3, -0.25) is 9.59 Å². The van der Waals surface area contributed by atoms with Crippen molar-refractivity contribution in [2.75, 3.05) is 20.3 Å². The third kappa shape index (κ3) is 8.06. The molecule has 1 fully saturated rings. The van der Waals surface area contributed by atoms with Crippen LogP contribution < -0.4 is 0 Å². The highest BCUT2D eigenvalue weighted by Gasteiger charge is 2.36. The minimum Gasteiger partial charge on any atom is -0.469 e. The summed E-state index contributed by atoms with van der Waals surface area (Å²) < 4.78 is 16.7. The van der Waals surface area contributed by atoms with Crippen LogP contribution in [-0.4, -0.2) is 37.9 Å². The smallest absolute Gasteiger partial charge is 0.305 e. The lowest BCUT2D eigenvalue weighted by Gasteiger charge is -2.28. The second kappa shape index (κ2) is 12.3. The standard InChI is InChI=1S/C24H38O5/c1-19(2)9-8-15-24(28-17-18-29-24)16-14-20-12-13-22(25)21(20)10-6-4-5-7-11-23(26)27-3/h4,6,19H,5,7-18H2,1-3H3. The molecule has 0 bridgehead atoms. The lowest BCUT2D eigenvalue weighted by atomic mass is 9.95. The van der Waals surface area contributed by atoms with Crippen molar-refractivity contribution in [3.05, 3.63) is 23.3 Å². The Bertz CT molecular complexity index is 596. The molecule has 1 heterocycles. The average molecular weight is 407 g/mol. The van der Waals surface area contributed by atoms with Gasteiger partial charge in [0.05, 0.1) is 20.3 Å². The molecule has 5 nitrogen and oxygen atoms in total. The molecule has 1 aliphatic heterocycles. The van der Waals surface area contributed by atoms with Crippen LogP contribution in [0.5, 0.6) is 0 Å². The number of Topliss-reactive ketones (excluding diaryl/α,β-unsaturated/α-hetero) is 1. The monoisotopic (exact) mass is 406 g/mol. The predicted octanol–water partition coefficient (Wildman–Crippen LogP) is 5.29. The summed E-state index contributed by atoms with van der Waals surface area (Å²) in [5, 5.41) is 0. The van der Waals surface area contributed by atoms with Crippen LogP contribution in [0, 0.1) is 5.92 Å². The van der Waals surface area contributed by atoms with Crippen LogP contribution in [0.15, 0.2) is 23.3 Å². The number of allylic oxidation sites excluding steroid dienone is 4. The van der Waals surface area contributed by atoms with E-state index in [-0.39, 0.29) is 11.8 Å². The van der Waals surface area contributed by atoms with E-state index in [0.717, 1.165) is 50.5 Å². The molecule has 0 spiro atoms. The van der Waals surface area contributed by atoms with Crippen LogP contribution in [0.4, 0.5) is 0 Å². The highest BCUT2D eigenvalue weighted by Crippen LogP contribution is 2.36. The van der Waals surface area contributed by atoms with Crippen LogP contribution >= 0.6 is 0 Å². The molecular formula is C24H38O5. The molecule has 1 aliphatic carbocycles. The molecule has 29 heavy (non-hydrogen) atoms. The summed E-state index contributed by atoms with van der Waals surface area (Å²) in [6.07, 6.45) is 13.3. The molecule has 0 radical (unpaired) electrons. The van der Waals surface area contributed by atoms with Crippen LogP contribution in [-0.2, 0) is 23.8 Å². The number of hydrogen-bond acceptors (Lipinski definition) is 5. The van der Waals surface area contributed by atoms with Crippen molar-refractivity contribution in [3.8, 4) is 0 Å². The summed E-state index contributed by atoms with van der Waals surface area (Å²) in [6, 6.07) is 0. The number of esters is 1. The SMILES string of the molecule is COC(=O)CCCC=CCC1=C(CCC2(CCCC(C)C)OCCO2)CCC1=O. The minimum atomic E-state index is -0.456. The molecular weight excluding hydrogens is 368 g/mol. The van der Waals surface area contributed by atoms with E-state index < -0.39 is 5.79 Å². The lowest BCUT2D eigenvalue weighted by molar-refractivity contribution is -0.167. The highest BCUT2D eigenvalue weighted by atomic mass is 16.7. The largest absolute Gasteiger partial charge is 0.469 e. The van der Waals surface area contributed by atoms with E-state index >= 15 is 0 Å². The van der Waals surface area contributed by atoms with Crippen molar-refractivity contribution in [3.63, 3.8) is 0 Å². The van der Waals surface area contributed by atoms with Gasteiger partial charge >= 0.3 is 5.97 Å². The molecule has 2 rings (SSSR count). The Hall–Kier alpha value is -1.46. The third-order valence-corrected chi connectivity index (χ3v) is 5.85. The lowest BCUT2D eigenvalue weighted by Crippen LogP contribution is -2.30. The third-order valence-electron chi connectivity index (χ3n) is 5.85. The van der Waals surface area contributed by atoms with Gasteiger partial charge in [-0.15, -0.1) is 0 Å². The average Bonchev–Trinajstić information content (AvgIpc) is 3.30. The normalized spacial score (nSPS) is 19.1. The Kier molecular flexibility index (Phi) is 10.1. The zero-order valence-electron chi connectivity index (χ0n) is 18.5. The first-order chi connectivity index (χ1) is 14.0. The summed E-state index contributed by atoms with van der Waals surface area (Å²) in [6.45, 7) is 5.82. The van der Waals surface area contributed by atoms with Crippen molar-refractivity contribution >= 4 is 11.8 Å². The fourth-order valence-corrected chi connectivity index (χ4v) is 4.11. The van der Waals surface area contributed by atoms with Gasteiger partial charge in [-0.25, -0.2) is 0 Å². The Labute approximate surface area is 175 Å². The van der Waals surface area contributed by atoms with Gasteiger partial charge in [-0.1, -0.05) is 38.0 Å². The predicted molar refractivity (Wildman–Crippen MR) is 113 cm³/mol. The number of unbranched alkanes of at least 4 members (excludes halogenated alkanes) is 1. The van der Waals surface area contributed by atoms with Crippen LogP contribution in [0.1, 0.15) is 84.5 Å². The van der Waals surface area contributed by atoms with E-state index in [1.807, 2.05) is 0 Å². The van der Waals surface area contributed by atoms with Crippen molar-refractivity contribution in [2.24, 2.45) is 5.92 Å². The van der Waals surface area contributed by atoms with Crippen LogP contribution in [0.3, 0.4) is 0 Å². The summed E-state index contributed by atoms with van der Waals surface area (Å²) in [5.74, 6) is 0.339. The molecule has 0 unspecified atom stereocenters. The van der Waals surface area contributed by atoms with Gasteiger partial charge < -0.3 is 14.2 Å². The molecule has 2 aliphatic rings. The van der Waals surface area contributed by atoms with Gasteiger partial charge in [0.2, 0.25) is 0 Å². The number of hydrogen-bond donors (Lipinski definition) is 0. The van der Waals surface area contributed by atoms with E-state index in [1.54, 1.807) is 0 Å². The van der Waals surface area contributed by atoms with E-state index in [9.17, 15) is 9.59 Å². The summed E-state index contributed by atoms with van der Waals surface area (Å²) in [5.41, 5.74) is 2.25. The molecule has 5 heteroatoms. The Morgan fingerprint density at radius 3 is 2.59 bits per heavy atom.